The number of phosphoric ester groups is 2. The first-order valence-electron chi connectivity index (χ1n) is 24.6. The molecule has 1 saturated heterocycles. The van der Waals surface area contributed by atoms with Crippen molar-refractivity contribution in [3.05, 3.63) is 98.7 Å². The molecule has 0 saturated carbocycles. The maximum absolute atomic E-state index is 13.3. The summed E-state index contributed by atoms with van der Waals surface area (Å²) in [5.41, 5.74) is 6.21. The van der Waals surface area contributed by atoms with Gasteiger partial charge in [-0.3, -0.25) is 41.3 Å². The molecule has 1 aromatic heterocycles. The van der Waals surface area contributed by atoms with E-state index in [2.05, 4.69) is 10.3 Å². The molecule has 3 aliphatic rings. The molecule has 0 bridgehead atoms. The predicted molar refractivity (Wildman–Crippen MR) is 271 cm³/mol. The Balaban J connectivity index is 0.777. The second kappa shape index (κ2) is 27.8. The molecule has 6 rings (SSSR count). The number of phosphoric acid groups is 2. The highest BCUT2D eigenvalue weighted by Gasteiger charge is 2.38. The second-order valence-corrected chi connectivity index (χ2v) is 21.2. The van der Waals surface area contributed by atoms with Crippen molar-refractivity contribution in [3.8, 4) is 28.2 Å². The number of aromatic carboxylic acids is 1. The van der Waals surface area contributed by atoms with Gasteiger partial charge in [0.15, 0.2) is 5.43 Å². The molecule has 21 nitrogen and oxygen atoms in total. The molecule has 23 heteroatoms. The highest BCUT2D eigenvalue weighted by atomic mass is 31.2. The van der Waals surface area contributed by atoms with Crippen LogP contribution in [0.1, 0.15) is 123 Å². The molecule has 6 N–H and O–H groups in total. The number of aromatic hydroxyl groups is 1. The number of aromatic nitrogens is 2. The summed E-state index contributed by atoms with van der Waals surface area (Å²) in [6, 6.07) is 14.4. The number of hydrogen-bond donors (Lipinski definition) is 5. The number of phenols is 1. The molecule has 3 heterocycles. The van der Waals surface area contributed by atoms with Crippen LogP contribution < -0.4 is 22.2 Å². The van der Waals surface area contributed by atoms with Crippen LogP contribution in [0.3, 0.4) is 0 Å². The van der Waals surface area contributed by atoms with Crippen molar-refractivity contribution in [1.82, 2.24) is 14.9 Å². The molecular formula is C50H66N4O17P2. The van der Waals surface area contributed by atoms with Crippen molar-refractivity contribution in [2.24, 2.45) is 0 Å². The Morgan fingerprint density at radius 3 is 1.97 bits per heavy atom. The minimum Gasteiger partial charge on any atom is -0.508 e. The van der Waals surface area contributed by atoms with E-state index in [1.54, 1.807) is 12.1 Å². The largest absolute Gasteiger partial charge is 0.508 e. The third-order valence-corrected chi connectivity index (χ3v) is 15.2. The van der Waals surface area contributed by atoms with Crippen LogP contribution >= 0.6 is 15.6 Å². The third-order valence-electron chi connectivity index (χ3n) is 12.3. The molecule has 1 aliphatic carbocycles. The van der Waals surface area contributed by atoms with Gasteiger partial charge in [0.2, 0.25) is 0 Å². The smallest absolute Gasteiger partial charge is 0.474 e. The highest BCUT2D eigenvalue weighted by Crippen LogP contribution is 2.50. The average Bonchev–Trinajstić information content (AvgIpc) is 3.74. The summed E-state index contributed by atoms with van der Waals surface area (Å²) >= 11 is 0. The standard InChI is InChI=1S/C50H66N4O17P2/c1-64-72(62,66-26-14-10-7-5-3-4-6-8-11-15-28-68-73(63,65-2)69-33-44-41(57)32-46(71-44)54-25-23-45(51)53-50(54)61)67-27-16-12-9-13-24-52-48(58)34-17-20-37(49(59)60)40(29-34)47-38-21-18-35(55)30-42(38)70-43-31-36(56)19-22-39(43)47/h17-23,25,29-31,41,44,46,55,57H,3-16,24,26-28,32-33H2,1-2H3,(H,52,58)(H,59,60)(H2,51,53,61)/t41-,44-,46-,72?,73?/m1/s1. The number of unbranched alkanes of at least 4 members (excludes halogenated alkanes) is 12. The summed E-state index contributed by atoms with van der Waals surface area (Å²) < 4.78 is 70.8. The number of aliphatic hydroxyl groups excluding tert-OH is 1. The van der Waals surface area contributed by atoms with Crippen LogP contribution in [-0.4, -0.2) is 96.1 Å². The highest BCUT2D eigenvalue weighted by molar-refractivity contribution is 7.48. The summed E-state index contributed by atoms with van der Waals surface area (Å²) in [6.45, 7) is 0.701. The van der Waals surface area contributed by atoms with E-state index in [1.165, 1.54) is 73.5 Å². The Morgan fingerprint density at radius 2 is 1.37 bits per heavy atom. The molecule has 398 valence electrons. The SMILES string of the molecule is COP(=O)(OCCCCCCCCCCCCOP(=O)(OC)OC[C@H]1O[C@@H](n2ccc(N)nc2=O)C[C@H]1O)OCCCCCCNC(=O)c1ccc(C(=O)O)c(-c2c3ccc(=O)cc-3oc3cc(O)ccc23)c1. The van der Waals surface area contributed by atoms with Gasteiger partial charge in [0, 0.05) is 67.6 Å². The van der Waals surface area contributed by atoms with E-state index in [0.29, 0.717) is 48.7 Å². The fourth-order valence-corrected chi connectivity index (χ4v) is 10.3. The fraction of sp³-hybridized carbons (Fsp3) is 0.500. The second-order valence-electron chi connectivity index (χ2n) is 17.6. The lowest BCUT2D eigenvalue weighted by Gasteiger charge is -2.20. The zero-order valence-corrected chi connectivity index (χ0v) is 42.9. The number of carbonyl (C=O) groups is 2. The maximum atomic E-state index is 13.3. The van der Waals surface area contributed by atoms with Gasteiger partial charge in [-0.15, -0.1) is 0 Å². The minimum absolute atomic E-state index is 0.0556. The number of hydrogen-bond acceptors (Lipinski definition) is 18. The van der Waals surface area contributed by atoms with Gasteiger partial charge in [0.05, 0.1) is 38.1 Å². The van der Waals surface area contributed by atoms with Gasteiger partial charge in [-0.1, -0.05) is 64.2 Å². The molecule has 0 spiro atoms. The van der Waals surface area contributed by atoms with Crippen LogP contribution in [-0.2, 0) is 41.0 Å². The first-order chi connectivity index (χ1) is 35.1. The molecule has 2 aliphatic heterocycles. The molecule has 3 aromatic rings. The van der Waals surface area contributed by atoms with Gasteiger partial charge in [0.25, 0.3) is 5.91 Å². The number of carboxylic acids is 1. The minimum atomic E-state index is -3.88. The lowest BCUT2D eigenvalue weighted by Crippen LogP contribution is -2.28. The molecular weight excluding hydrogens is 991 g/mol. The molecule has 73 heavy (non-hydrogen) atoms. The number of ether oxygens (including phenoxy) is 1. The monoisotopic (exact) mass is 1060 g/mol. The lowest BCUT2D eigenvalue weighted by molar-refractivity contribution is -0.0473. The number of carboxylic acid groups (broad SMARTS) is 1. The molecule has 2 unspecified atom stereocenters. The quantitative estimate of drug-likeness (QED) is 0.0152. The van der Waals surface area contributed by atoms with E-state index >= 15 is 0 Å². The Hall–Kier alpha value is -5.31. The zero-order chi connectivity index (χ0) is 52.4. The Morgan fingerprint density at radius 1 is 0.767 bits per heavy atom. The van der Waals surface area contributed by atoms with Gasteiger partial charge in [-0.2, -0.15) is 4.98 Å². The number of benzene rings is 3. The van der Waals surface area contributed by atoms with E-state index < -0.39 is 51.6 Å². The van der Waals surface area contributed by atoms with Gasteiger partial charge in [0.1, 0.15) is 35.2 Å². The van der Waals surface area contributed by atoms with Gasteiger partial charge in [-0.05, 0) is 79.8 Å². The zero-order valence-electron chi connectivity index (χ0n) is 41.1. The van der Waals surface area contributed by atoms with Crippen molar-refractivity contribution < 1.29 is 70.3 Å². The number of phenolic OH excluding ortho intramolecular Hbond substituents is 1. The summed E-state index contributed by atoms with van der Waals surface area (Å²) in [6.07, 6.45) is 11.1. The number of carbonyl (C=O) groups excluding carboxylic acids is 1. The summed E-state index contributed by atoms with van der Waals surface area (Å²) in [5.74, 6) is -1.40. The molecule has 2 aromatic carbocycles. The fourth-order valence-electron chi connectivity index (χ4n) is 8.39. The maximum Gasteiger partial charge on any atom is 0.474 e. The first-order valence-corrected chi connectivity index (χ1v) is 27.5. The van der Waals surface area contributed by atoms with Crippen LogP contribution in [0.15, 0.2) is 80.9 Å². The molecule has 5 atom stereocenters. The van der Waals surface area contributed by atoms with Crippen LogP contribution in [0.4, 0.5) is 5.82 Å². The van der Waals surface area contributed by atoms with Crippen LogP contribution in [0, 0.1) is 0 Å². The number of nitrogen functional groups attached to an aromatic ring is 1. The van der Waals surface area contributed by atoms with Crippen LogP contribution in [0.2, 0.25) is 0 Å². The number of nitrogens with two attached hydrogens (primary N) is 1. The Bertz CT molecular complexity index is 2800. The first kappa shape index (κ1) is 57.0. The van der Waals surface area contributed by atoms with Crippen molar-refractivity contribution in [2.75, 3.05) is 52.9 Å². The average molecular weight is 1060 g/mol. The number of anilines is 1. The topological polar surface area (TPSA) is 297 Å². The van der Waals surface area contributed by atoms with Gasteiger partial charge < -0.3 is 35.5 Å². The van der Waals surface area contributed by atoms with E-state index in [-0.39, 0.29) is 77.9 Å². The normalized spacial score (nSPS) is 17.4. The van der Waals surface area contributed by atoms with Gasteiger partial charge >= 0.3 is 27.3 Å². The lowest BCUT2D eigenvalue weighted by atomic mass is 9.89. The number of aliphatic hydroxyl groups is 1. The molecule has 0 radical (unpaired) electrons. The van der Waals surface area contributed by atoms with Crippen molar-refractivity contribution >= 4 is 44.3 Å². The third kappa shape index (κ3) is 16.6. The number of nitrogens with zero attached hydrogens (tertiary/aromatic N) is 2. The van der Waals surface area contributed by atoms with Crippen molar-refractivity contribution in [3.63, 3.8) is 0 Å². The van der Waals surface area contributed by atoms with Crippen molar-refractivity contribution in [2.45, 2.75) is 115 Å². The Kier molecular flexibility index (Phi) is 21.7. The summed E-state index contributed by atoms with van der Waals surface area (Å²) in [7, 11) is -5.05. The number of nitrogens with one attached hydrogen (secondary N) is 1. The van der Waals surface area contributed by atoms with Crippen LogP contribution in [0.5, 0.6) is 5.75 Å². The van der Waals surface area contributed by atoms with Crippen LogP contribution in [0.25, 0.3) is 33.4 Å². The van der Waals surface area contributed by atoms with E-state index in [9.17, 15) is 43.6 Å². The van der Waals surface area contributed by atoms with E-state index in [4.69, 9.17) is 42.0 Å². The number of amides is 1. The molecule has 1 fully saturated rings. The van der Waals surface area contributed by atoms with Crippen molar-refractivity contribution in [1.29, 1.82) is 0 Å². The Labute approximate surface area is 422 Å². The summed E-state index contributed by atoms with van der Waals surface area (Å²) in [5, 5.41) is 34.0. The molecule has 1 amide bonds. The van der Waals surface area contributed by atoms with Gasteiger partial charge in [-0.25, -0.2) is 18.7 Å². The predicted octanol–water partition coefficient (Wildman–Crippen LogP) is 9.22. The summed E-state index contributed by atoms with van der Waals surface area (Å²) in [4.78, 5) is 53.7. The van der Waals surface area contributed by atoms with E-state index in [0.717, 1.165) is 64.2 Å². The number of rotatable bonds is 32. The number of fused-ring (bicyclic) bond motifs is 2. The van der Waals surface area contributed by atoms with E-state index in [1.807, 2.05) is 0 Å².